The van der Waals surface area contributed by atoms with Crippen LogP contribution in [-0.2, 0) is 17.9 Å². The normalized spacial score (nSPS) is 10.7. The molecule has 6 heteroatoms. The van der Waals surface area contributed by atoms with Gasteiger partial charge in [0.2, 0.25) is 5.91 Å². The third kappa shape index (κ3) is 4.72. The monoisotopic (exact) mass is 348 g/mol. The van der Waals surface area contributed by atoms with Crippen molar-refractivity contribution in [2.45, 2.75) is 13.1 Å². The molecule has 5 nitrogen and oxygen atoms in total. The summed E-state index contributed by atoms with van der Waals surface area (Å²) in [5.74, 6) is 1.50. The predicted molar refractivity (Wildman–Crippen MR) is 96.7 cm³/mol. The van der Waals surface area contributed by atoms with Crippen molar-refractivity contribution in [3.63, 3.8) is 0 Å². The first-order chi connectivity index (χ1) is 11.5. The lowest BCUT2D eigenvalue weighted by Crippen LogP contribution is -2.36. The van der Waals surface area contributed by atoms with E-state index < -0.39 is 0 Å². The Kier molecular flexibility index (Phi) is 6.63. The maximum atomic E-state index is 12.4. The summed E-state index contributed by atoms with van der Waals surface area (Å²) in [5, 5.41) is 4.09. The lowest BCUT2D eigenvalue weighted by Gasteiger charge is -2.22. The first-order valence-corrected chi connectivity index (χ1v) is 8.63. The number of para-hydroxylation sites is 1. The van der Waals surface area contributed by atoms with Crippen LogP contribution in [0.5, 0.6) is 11.5 Å². The van der Waals surface area contributed by atoms with E-state index in [2.05, 4.69) is 5.38 Å². The summed E-state index contributed by atoms with van der Waals surface area (Å²) in [5.41, 5.74) is 2.15. The van der Waals surface area contributed by atoms with Gasteiger partial charge in [0.15, 0.2) is 11.5 Å². The summed E-state index contributed by atoms with van der Waals surface area (Å²) >= 11 is 1.64. The smallest absolute Gasteiger partial charge is 0.236 e. The highest BCUT2D eigenvalue weighted by atomic mass is 32.1. The Morgan fingerprint density at radius 1 is 1.12 bits per heavy atom. The van der Waals surface area contributed by atoms with Crippen molar-refractivity contribution in [1.29, 1.82) is 0 Å². The topological polar surface area (TPSA) is 42.0 Å². The number of likely N-dealkylation sites (N-methyl/N-ethyl adjacent to an activating group) is 2. The highest BCUT2D eigenvalue weighted by Gasteiger charge is 2.15. The van der Waals surface area contributed by atoms with Crippen molar-refractivity contribution in [3.05, 3.63) is 46.2 Å². The van der Waals surface area contributed by atoms with Gasteiger partial charge in [-0.05, 0) is 35.5 Å². The number of hydrogen-bond acceptors (Lipinski definition) is 5. The SMILES string of the molecule is COc1cccc(CN(C)CC(=O)N(C)Cc2ccsc2)c1OC. The Bertz CT molecular complexity index is 658. The number of hydrogen-bond donors (Lipinski definition) is 0. The van der Waals surface area contributed by atoms with Gasteiger partial charge in [0.1, 0.15) is 0 Å². The predicted octanol–water partition coefficient (Wildman–Crippen LogP) is 2.86. The minimum absolute atomic E-state index is 0.0885. The molecule has 0 fully saturated rings. The van der Waals surface area contributed by atoms with E-state index in [1.165, 1.54) is 0 Å². The number of thiophene rings is 1. The minimum Gasteiger partial charge on any atom is -0.493 e. The molecule has 0 saturated carbocycles. The van der Waals surface area contributed by atoms with Crippen LogP contribution in [-0.4, -0.2) is 50.6 Å². The van der Waals surface area contributed by atoms with Gasteiger partial charge >= 0.3 is 0 Å². The van der Waals surface area contributed by atoms with Gasteiger partial charge in [0, 0.05) is 25.7 Å². The van der Waals surface area contributed by atoms with Crippen LogP contribution in [0.1, 0.15) is 11.1 Å². The molecule has 1 aromatic carbocycles. The molecule has 24 heavy (non-hydrogen) atoms. The van der Waals surface area contributed by atoms with Gasteiger partial charge in [0.25, 0.3) is 0 Å². The molecule has 0 spiro atoms. The number of methoxy groups -OCH3 is 2. The average Bonchev–Trinajstić information content (AvgIpc) is 3.07. The van der Waals surface area contributed by atoms with Crippen molar-refractivity contribution >= 4 is 17.2 Å². The molecule has 130 valence electrons. The molecule has 1 aromatic heterocycles. The molecule has 0 bridgehead atoms. The summed E-state index contributed by atoms with van der Waals surface area (Å²) in [7, 11) is 7.00. The molecule has 1 heterocycles. The highest BCUT2D eigenvalue weighted by molar-refractivity contribution is 7.07. The molecule has 0 saturated heterocycles. The quantitative estimate of drug-likeness (QED) is 0.736. The number of carbonyl (C=O) groups is 1. The lowest BCUT2D eigenvalue weighted by molar-refractivity contribution is -0.131. The van der Waals surface area contributed by atoms with Crippen molar-refractivity contribution in [1.82, 2.24) is 9.80 Å². The van der Waals surface area contributed by atoms with E-state index in [4.69, 9.17) is 9.47 Å². The number of carbonyl (C=O) groups excluding carboxylic acids is 1. The Morgan fingerprint density at radius 3 is 2.54 bits per heavy atom. The molecule has 1 amide bonds. The average molecular weight is 348 g/mol. The largest absolute Gasteiger partial charge is 0.493 e. The molecule has 0 aliphatic carbocycles. The number of ether oxygens (including phenoxy) is 2. The fourth-order valence-corrected chi connectivity index (χ4v) is 3.18. The van der Waals surface area contributed by atoms with E-state index in [-0.39, 0.29) is 5.91 Å². The van der Waals surface area contributed by atoms with Gasteiger partial charge in [-0.3, -0.25) is 9.69 Å². The van der Waals surface area contributed by atoms with E-state index >= 15 is 0 Å². The lowest BCUT2D eigenvalue weighted by atomic mass is 10.1. The zero-order chi connectivity index (χ0) is 17.5. The molecule has 0 unspecified atom stereocenters. The van der Waals surface area contributed by atoms with Crippen LogP contribution in [0.25, 0.3) is 0 Å². The zero-order valence-corrected chi connectivity index (χ0v) is 15.4. The summed E-state index contributed by atoms with van der Waals surface area (Å²) in [6.45, 7) is 1.60. The molecule has 2 aromatic rings. The molecule has 0 radical (unpaired) electrons. The van der Waals surface area contributed by atoms with Crippen molar-refractivity contribution in [3.8, 4) is 11.5 Å². The van der Waals surface area contributed by atoms with Crippen molar-refractivity contribution in [2.24, 2.45) is 0 Å². The third-order valence-corrected chi connectivity index (χ3v) is 4.49. The Morgan fingerprint density at radius 2 is 1.92 bits per heavy atom. The molecule has 0 N–H and O–H groups in total. The Balaban J connectivity index is 1.95. The second kappa shape index (κ2) is 8.70. The van der Waals surface area contributed by atoms with E-state index in [9.17, 15) is 4.79 Å². The van der Waals surface area contributed by atoms with Crippen LogP contribution < -0.4 is 9.47 Å². The van der Waals surface area contributed by atoms with Crippen molar-refractivity contribution < 1.29 is 14.3 Å². The van der Waals surface area contributed by atoms with Gasteiger partial charge in [-0.2, -0.15) is 11.3 Å². The molecular weight excluding hydrogens is 324 g/mol. The maximum Gasteiger partial charge on any atom is 0.236 e. The number of benzene rings is 1. The summed E-state index contributed by atoms with van der Waals surface area (Å²) in [6, 6.07) is 7.81. The van der Waals surface area contributed by atoms with Crippen LogP contribution in [0, 0.1) is 0 Å². The highest BCUT2D eigenvalue weighted by Crippen LogP contribution is 2.31. The Hall–Kier alpha value is -2.05. The van der Waals surface area contributed by atoms with E-state index in [0.29, 0.717) is 31.1 Å². The standard InChI is InChI=1S/C18H24N2O3S/c1-19(11-15-6-5-7-16(22-3)18(15)23-4)12-17(21)20(2)10-14-8-9-24-13-14/h5-9,13H,10-12H2,1-4H3. The molecule has 2 rings (SSSR count). The van der Waals surface area contributed by atoms with Crippen LogP contribution in [0.15, 0.2) is 35.0 Å². The van der Waals surface area contributed by atoms with Crippen LogP contribution >= 0.6 is 11.3 Å². The minimum atomic E-state index is 0.0885. The molecule has 0 aliphatic heterocycles. The van der Waals surface area contributed by atoms with E-state index in [0.717, 1.165) is 11.1 Å². The van der Waals surface area contributed by atoms with Gasteiger partial charge in [-0.15, -0.1) is 0 Å². The van der Waals surface area contributed by atoms with Gasteiger partial charge < -0.3 is 14.4 Å². The number of nitrogens with zero attached hydrogens (tertiary/aromatic N) is 2. The van der Waals surface area contributed by atoms with Crippen molar-refractivity contribution in [2.75, 3.05) is 34.9 Å². The van der Waals surface area contributed by atoms with Crippen LogP contribution in [0.2, 0.25) is 0 Å². The van der Waals surface area contributed by atoms with Crippen LogP contribution in [0.4, 0.5) is 0 Å². The molecular formula is C18H24N2O3S. The summed E-state index contributed by atoms with van der Waals surface area (Å²) in [4.78, 5) is 16.1. The first kappa shape index (κ1) is 18.3. The third-order valence-electron chi connectivity index (χ3n) is 3.76. The summed E-state index contributed by atoms with van der Waals surface area (Å²) < 4.78 is 10.8. The van der Waals surface area contributed by atoms with E-state index in [1.807, 2.05) is 48.6 Å². The number of rotatable bonds is 8. The van der Waals surface area contributed by atoms with Gasteiger partial charge in [-0.1, -0.05) is 12.1 Å². The fourth-order valence-electron chi connectivity index (χ4n) is 2.52. The van der Waals surface area contributed by atoms with E-state index in [1.54, 1.807) is 30.5 Å². The second-order valence-electron chi connectivity index (χ2n) is 5.71. The summed E-state index contributed by atoms with van der Waals surface area (Å²) in [6.07, 6.45) is 0. The van der Waals surface area contributed by atoms with Gasteiger partial charge in [-0.25, -0.2) is 0 Å². The first-order valence-electron chi connectivity index (χ1n) is 7.68. The van der Waals surface area contributed by atoms with Crippen LogP contribution in [0.3, 0.4) is 0 Å². The van der Waals surface area contributed by atoms with Gasteiger partial charge in [0.05, 0.1) is 20.8 Å². The maximum absolute atomic E-state index is 12.4. The zero-order valence-electron chi connectivity index (χ0n) is 14.6. The molecule has 0 aliphatic rings. The molecule has 0 atom stereocenters. The fraction of sp³-hybridized carbons (Fsp3) is 0.389. The second-order valence-corrected chi connectivity index (χ2v) is 6.49. The Labute approximate surface area is 147 Å². The number of amides is 1.